The number of carbonyl (C=O) groups is 1. The first-order valence-electron chi connectivity index (χ1n) is 12.4. The zero-order valence-corrected chi connectivity index (χ0v) is 21.1. The standard InChI is InChI=1S/C27H29N7O3/c1-27(2)16-33(15-23-24(37-27)8-5-9-28-23)13-17-6-4-7-18(10-17)34-25(21(12-29-34)26(35)36)20-11-19(20)22-14-32(3)31-30-22/h4-10,12,14,19-20H,11,13,15-16H2,1-3H3,(H,35,36)/t19-,20-/m1/s1. The normalized spacial score (nSPS) is 20.6. The second kappa shape index (κ2) is 8.81. The van der Waals surface area contributed by atoms with Gasteiger partial charge in [-0.05, 0) is 50.1 Å². The molecule has 0 amide bonds. The van der Waals surface area contributed by atoms with Gasteiger partial charge in [0.2, 0.25) is 0 Å². The molecule has 6 rings (SSSR count). The average Bonchev–Trinajstić information content (AvgIpc) is 3.33. The van der Waals surface area contributed by atoms with E-state index in [0.29, 0.717) is 18.8 Å². The van der Waals surface area contributed by atoms with Crippen LogP contribution in [0.3, 0.4) is 0 Å². The van der Waals surface area contributed by atoms with Gasteiger partial charge in [-0.2, -0.15) is 5.10 Å². The molecule has 1 aliphatic heterocycles. The Morgan fingerprint density at radius 3 is 2.86 bits per heavy atom. The number of pyridine rings is 1. The third kappa shape index (κ3) is 4.60. The van der Waals surface area contributed by atoms with Crippen LogP contribution in [0.15, 0.2) is 55.0 Å². The van der Waals surface area contributed by atoms with Crippen molar-refractivity contribution in [1.82, 2.24) is 34.7 Å². The molecule has 10 heteroatoms. The maximum atomic E-state index is 12.1. The van der Waals surface area contributed by atoms with Crippen molar-refractivity contribution in [3.8, 4) is 11.4 Å². The first-order chi connectivity index (χ1) is 17.8. The maximum Gasteiger partial charge on any atom is 0.339 e. The number of carboxylic acids is 1. The van der Waals surface area contributed by atoms with Crippen LogP contribution >= 0.6 is 0 Å². The SMILES string of the molecule is Cn1cc([C@@H]2C[C@H]2c2c(C(=O)O)cnn2-c2cccc(CN3Cc4ncccc4OC(C)(C)C3)c2)nn1. The van der Waals surface area contributed by atoms with Crippen molar-refractivity contribution >= 4 is 5.97 Å². The monoisotopic (exact) mass is 499 g/mol. The lowest BCUT2D eigenvalue weighted by atomic mass is 10.1. The molecule has 2 aliphatic rings. The Hall–Kier alpha value is -4.05. The van der Waals surface area contributed by atoms with E-state index in [1.165, 1.54) is 6.20 Å². The summed E-state index contributed by atoms with van der Waals surface area (Å²) in [6, 6.07) is 12.0. The van der Waals surface area contributed by atoms with E-state index in [2.05, 4.69) is 51.3 Å². The first-order valence-corrected chi connectivity index (χ1v) is 12.4. The molecule has 3 aromatic heterocycles. The fourth-order valence-electron chi connectivity index (χ4n) is 5.37. The molecule has 0 bridgehead atoms. The van der Waals surface area contributed by atoms with Crippen LogP contribution in [-0.2, 0) is 20.1 Å². The summed E-state index contributed by atoms with van der Waals surface area (Å²) in [6.07, 6.45) is 5.96. The van der Waals surface area contributed by atoms with Gasteiger partial charge in [0.25, 0.3) is 0 Å². The summed E-state index contributed by atoms with van der Waals surface area (Å²) in [7, 11) is 1.83. The van der Waals surface area contributed by atoms with Crippen molar-refractivity contribution in [2.24, 2.45) is 7.05 Å². The predicted molar refractivity (Wildman–Crippen MR) is 135 cm³/mol. The van der Waals surface area contributed by atoms with E-state index in [1.54, 1.807) is 15.6 Å². The number of benzene rings is 1. The summed E-state index contributed by atoms with van der Waals surface area (Å²) in [5.41, 5.74) is 4.33. The molecule has 37 heavy (non-hydrogen) atoms. The Morgan fingerprint density at radius 2 is 2.08 bits per heavy atom. The van der Waals surface area contributed by atoms with E-state index in [9.17, 15) is 9.90 Å². The molecule has 1 N–H and O–H groups in total. The van der Waals surface area contributed by atoms with E-state index in [1.807, 2.05) is 37.5 Å². The highest BCUT2D eigenvalue weighted by Gasteiger charge is 2.46. The third-order valence-corrected chi connectivity index (χ3v) is 6.95. The fourth-order valence-corrected chi connectivity index (χ4v) is 5.37. The molecule has 1 aliphatic carbocycles. The molecular weight excluding hydrogens is 470 g/mol. The van der Waals surface area contributed by atoms with Gasteiger partial charge in [-0.15, -0.1) is 5.10 Å². The second-order valence-corrected chi connectivity index (χ2v) is 10.6. The minimum atomic E-state index is -0.972. The fraction of sp³-hybridized carbons (Fsp3) is 0.370. The molecule has 0 spiro atoms. The van der Waals surface area contributed by atoms with Crippen LogP contribution in [0.25, 0.3) is 5.69 Å². The number of rotatable bonds is 6. The average molecular weight is 500 g/mol. The minimum absolute atomic E-state index is 0.0279. The van der Waals surface area contributed by atoms with E-state index in [-0.39, 0.29) is 23.0 Å². The molecule has 190 valence electrons. The Kier molecular flexibility index (Phi) is 5.56. The quantitative estimate of drug-likeness (QED) is 0.429. The van der Waals surface area contributed by atoms with Gasteiger partial charge < -0.3 is 9.84 Å². The van der Waals surface area contributed by atoms with E-state index >= 15 is 0 Å². The van der Waals surface area contributed by atoms with Gasteiger partial charge in [-0.3, -0.25) is 14.6 Å². The van der Waals surface area contributed by atoms with E-state index in [0.717, 1.165) is 41.4 Å². The van der Waals surface area contributed by atoms with Gasteiger partial charge in [0.05, 0.1) is 29.0 Å². The molecule has 2 atom stereocenters. The highest BCUT2D eigenvalue weighted by atomic mass is 16.5. The van der Waals surface area contributed by atoms with Crippen LogP contribution in [0, 0.1) is 0 Å². The largest absolute Gasteiger partial charge is 0.485 e. The molecule has 10 nitrogen and oxygen atoms in total. The predicted octanol–water partition coefficient (Wildman–Crippen LogP) is 3.54. The molecular formula is C27H29N7O3. The summed E-state index contributed by atoms with van der Waals surface area (Å²) in [6.45, 7) is 6.30. The number of ether oxygens (including phenoxy) is 1. The van der Waals surface area contributed by atoms with Crippen LogP contribution in [0.2, 0.25) is 0 Å². The Bertz CT molecular complexity index is 1470. The molecule has 1 fully saturated rings. The summed E-state index contributed by atoms with van der Waals surface area (Å²) in [5, 5.41) is 22.7. The zero-order chi connectivity index (χ0) is 25.7. The van der Waals surface area contributed by atoms with Gasteiger partial charge in [0, 0.05) is 50.9 Å². The second-order valence-electron chi connectivity index (χ2n) is 10.6. The number of carboxylic acid groups (broad SMARTS) is 1. The van der Waals surface area contributed by atoms with E-state index in [4.69, 9.17) is 4.74 Å². The maximum absolute atomic E-state index is 12.1. The molecule has 1 saturated carbocycles. The smallest absolute Gasteiger partial charge is 0.339 e. The van der Waals surface area contributed by atoms with Crippen molar-refractivity contribution in [3.05, 3.63) is 83.2 Å². The summed E-state index contributed by atoms with van der Waals surface area (Å²) >= 11 is 0. The van der Waals surface area contributed by atoms with E-state index < -0.39 is 5.97 Å². The van der Waals surface area contributed by atoms with Crippen molar-refractivity contribution in [3.63, 3.8) is 0 Å². The molecule has 4 aromatic rings. The Labute approximate surface area is 214 Å². The number of aromatic carboxylic acids is 1. The summed E-state index contributed by atoms with van der Waals surface area (Å²) < 4.78 is 9.69. The molecule has 0 radical (unpaired) electrons. The highest BCUT2D eigenvalue weighted by Crippen LogP contribution is 2.55. The van der Waals surface area contributed by atoms with Gasteiger partial charge in [0.1, 0.15) is 16.9 Å². The van der Waals surface area contributed by atoms with Crippen LogP contribution < -0.4 is 4.74 Å². The van der Waals surface area contributed by atoms with Gasteiger partial charge in [0.15, 0.2) is 0 Å². The molecule has 4 heterocycles. The molecule has 0 unspecified atom stereocenters. The number of aromatic nitrogens is 6. The van der Waals surface area contributed by atoms with Crippen molar-refractivity contribution in [1.29, 1.82) is 0 Å². The zero-order valence-electron chi connectivity index (χ0n) is 21.1. The highest BCUT2D eigenvalue weighted by molar-refractivity contribution is 5.89. The number of nitrogens with zero attached hydrogens (tertiary/aromatic N) is 7. The lowest BCUT2D eigenvalue weighted by molar-refractivity contribution is 0.0680. The number of fused-ring (bicyclic) bond motifs is 1. The summed E-state index contributed by atoms with van der Waals surface area (Å²) in [4.78, 5) is 18.9. The van der Waals surface area contributed by atoms with Crippen LogP contribution in [0.1, 0.15) is 65.1 Å². The molecule has 0 saturated heterocycles. The third-order valence-electron chi connectivity index (χ3n) is 6.95. The lowest BCUT2D eigenvalue weighted by Gasteiger charge is -2.29. The number of hydrogen-bond acceptors (Lipinski definition) is 7. The van der Waals surface area contributed by atoms with Crippen molar-refractivity contribution < 1.29 is 14.6 Å². The molecule has 1 aromatic carbocycles. The van der Waals surface area contributed by atoms with Crippen LogP contribution in [0.4, 0.5) is 0 Å². The van der Waals surface area contributed by atoms with Crippen LogP contribution in [-0.4, -0.2) is 57.9 Å². The van der Waals surface area contributed by atoms with Crippen molar-refractivity contribution in [2.45, 2.75) is 50.8 Å². The van der Waals surface area contributed by atoms with Crippen molar-refractivity contribution in [2.75, 3.05) is 6.54 Å². The van der Waals surface area contributed by atoms with Gasteiger partial charge in [-0.1, -0.05) is 17.3 Å². The van der Waals surface area contributed by atoms with Gasteiger partial charge in [-0.25, -0.2) is 9.48 Å². The number of hydrogen-bond donors (Lipinski definition) is 1. The van der Waals surface area contributed by atoms with Gasteiger partial charge >= 0.3 is 5.97 Å². The lowest BCUT2D eigenvalue weighted by Crippen LogP contribution is -2.40. The Balaban J connectivity index is 1.29. The van der Waals surface area contributed by atoms with Crippen LogP contribution in [0.5, 0.6) is 5.75 Å². The number of aryl methyl sites for hydroxylation is 1. The topological polar surface area (TPSA) is 111 Å². The summed E-state index contributed by atoms with van der Waals surface area (Å²) in [5.74, 6) is 0.0193. The Morgan fingerprint density at radius 1 is 1.22 bits per heavy atom. The first kappa shape index (κ1) is 23.4. The minimum Gasteiger partial charge on any atom is -0.485 e.